The predicted molar refractivity (Wildman–Crippen MR) is 135 cm³/mol. The van der Waals surface area contributed by atoms with E-state index in [0.717, 1.165) is 49.3 Å². The third kappa shape index (κ3) is 5.62. The van der Waals surface area contributed by atoms with Crippen LogP contribution in [0.1, 0.15) is 54.1 Å². The minimum absolute atomic E-state index is 0.231. The first-order valence-electron chi connectivity index (χ1n) is 12.7. The Kier molecular flexibility index (Phi) is 7.24. The molecular formula is C30H33FN2O2. The Balaban J connectivity index is 1.24. The van der Waals surface area contributed by atoms with Gasteiger partial charge in [0.1, 0.15) is 5.82 Å². The average Bonchev–Trinajstić information content (AvgIpc) is 2.91. The summed E-state index contributed by atoms with van der Waals surface area (Å²) < 4.78 is 19.0. The minimum Gasteiger partial charge on any atom is -0.381 e. The Labute approximate surface area is 207 Å². The SMILES string of the molecule is O=C(N1CCC(c2cccc(Cc3ccccc3)n2)CC1)C1(Cc2ccc(F)cc2)CCOCC1. The highest BCUT2D eigenvalue weighted by molar-refractivity contribution is 5.83. The molecule has 1 aromatic heterocycles. The Bertz CT molecular complexity index is 1120. The van der Waals surface area contributed by atoms with Crippen LogP contribution in [0.15, 0.2) is 72.8 Å². The monoisotopic (exact) mass is 472 g/mol. The van der Waals surface area contributed by atoms with Crippen LogP contribution in [0.25, 0.3) is 0 Å². The number of amides is 1. The molecule has 2 aliphatic heterocycles. The third-order valence-electron chi connectivity index (χ3n) is 7.62. The summed E-state index contributed by atoms with van der Waals surface area (Å²) in [7, 11) is 0. The van der Waals surface area contributed by atoms with E-state index >= 15 is 0 Å². The number of nitrogens with zero attached hydrogens (tertiary/aromatic N) is 2. The first-order chi connectivity index (χ1) is 17.1. The van der Waals surface area contributed by atoms with Crippen LogP contribution in [0.4, 0.5) is 4.39 Å². The fourth-order valence-corrected chi connectivity index (χ4v) is 5.56. The highest BCUT2D eigenvalue weighted by atomic mass is 19.1. The minimum atomic E-state index is -0.462. The number of pyridine rings is 1. The lowest BCUT2D eigenvalue weighted by molar-refractivity contribution is -0.149. The van der Waals surface area contributed by atoms with Gasteiger partial charge in [-0.05, 0) is 67.5 Å². The topological polar surface area (TPSA) is 42.4 Å². The molecular weight excluding hydrogens is 439 g/mol. The lowest BCUT2D eigenvalue weighted by Crippen LogP contribution is -2.50. The smallest absolute Gasteiger partial charge is 0.229 e. The molecule has 182 valence electrons. The van der Waals surface area contributed by atoms with Gasteiger partial charge in [-0.25, -0.2) is 4.39 Å². The highest BCUT2D eigenvalue weighted by Gasteiger charge is 2.43. The Morgan fingerprint density at radius 2 is 1.63 bits per heavy atom. The van der Waals surface area contributed by atoms with Gasteiger partial charge in [-0.3, -0.25) is 9.78 Å². The summed E-state index contributed by atoms with van der Waals surface area (Å²) in [5.74, 6) is 0.358. The summed E-state index contributed by atoms with van der Waals surface area (Å²) in [6.07, 6.45) is 4.75. The zero-order valence-electron chi connectivity index (χ0n) is 20.2. The Morgan fingerprint density at radius 1 is 0.914 bits per heavy atom. The maximum atomic E-state index is 13.8. The summed E-state index contributed by atoms with van der Waals surface area (Å²) in [5.41, 5.74) is 4.04. The van der Waals surface area contributed by atoms with E-state index in [4.69, 9.17) is 9.72 Å². The molecule has 1 amide bonds. The zero-order valence-corrected chi connectivity index (χ0v) is 20.2. The largest absolute Gasteiger partial charge is 0.381 e. The molecule has 35 heavy (non-hydrogen) atoms. The average molecular weight is 473 g/mol. The van der Waals surface area contributed by atoms with Crippen LogP contribution in [0.2, 0.25) is 0 Å². The molecule has 2 aliphatic rings. The normalized spacial score (nSPS) is 18.4. The van der Waals surface area contributed by atoms with Crippen LogP contribution < -0.4 is 0 Å². The second kappa shape index (κ2) is 10.7. The summed E-state index contributed by atoms with van der Waals surface area (Å²) in [4.78, 5) is 20.9. The molecule has 0 radical (unpaired) electrons. The van der Waals surface area contributed by atoms with E-state index in [9.17, 15) is 9.18 Å². The number of carbonyl (C=O) groups is 1. The van der Waals surface area contributed by atoms with Gasteiger partial charge in [-0.1, -0.05) is 48.5 Å². The fraction of sp³-hybridized carbons (Fsp3) is 0.400. The van der Waals surface area contributed by atoms with Crippen molar-refractivity contribution >= 4 is 5.91 Å². The molecule has 3 heterocycles. The lowest BCUT2D eigenvalue weighted by atomic mass is 9.73. The molecule has 0 aliphatic carbocycles. The van der Waals surface area contributed by atoms with Gasteiger partial charge < -0.3 is 9.64 Å². The summed E-state index contributed by atoms with van der Waals surface area (Å²) in [6, 6.07) is 23.3. The van der Waals surface area contributed by atoms with E-state index in [0.29, 0.717) is 38.4 Å². The van der Waals surface area contributed by atoms with Crippen molar-refractivity contribution in [3.8, 4) is 0 Å². The molecule has 3 aromatic rings. The maximum Gasteiger partial charge on any atom is 0.229 e. The predicted octanol–water partition coefficient (Wildman–Crippen LogP) is 5.56. The molecule has 2 fully saturated rings. The van der Waals surface area contributed by atoms with Crippen molar-refractivity contribution < 1.29 is 13.9 Å². The number of hydrogen-bond donors (Lipinski definition) is 0. The van der Waals surface area contributed by atoms with Crippen LogP contribution in [0.5, 0.6) is 0 Å². The van der Waals surface area contributed by atoms with Gasteiger partial charge in [0.2, 0.25) is 5.91 Å². The first-order valence-corrected chi connectivity index (χ1v) is 12.7. The van der Waals surface area contributed by atoms with Crippen LogP contribution in [-0.4, -0.2) is 42.1 Å². The van der Waals surface area contributed by atoms with Gasteiger partial charge in [0.05, 0.1) is 5.41 Å². The molecule has 2 aromatic carbocycles. The van der Waals surface area contributed by atoms with Gasteiger partial charge in [0.15, 0.2) is 0 Å². The quantitative estimate of drug-likeness (QED) is 0.472. The van der Waals surface area contributed by atoms with Crippen molar-refractivity contribution in [2.45, 2.75) is 44.4 Å². The summed E-state index contributed by atoms with van der Waals surface area (Å²) in [6.45, 7) is 2.70. The van der Waals surface area contributed by atoms with Gasteiger partial charge in [-0.15, -0.1) is 0 Å². The molecule has 0 atom stereocenters. The number of aromatic nitrogens is 1. The molecule has 0 bridgehead atoms. The second-order valence-corrected chi connectivity index (χ2v) is 9.98. The summed E-state index contributed by atoms with van der Waals surface area (Å²) >= 11 is 0. The number of likely N-dealkylation sites (tertiary alicyclic amines) is 1. The van der Waals surface area contributed by atoms with Crippen LogP contribution >= 0.6 is 0 Å². The number of rotatable bonds is 6. The number of benzene rings is 2. The van der Waals surface area contributed by atoms with Gasteiger partial charge in [-0.2, -0.15) is 0 Å². The molecule has 2 saturated heterocycles. The Morgan fingerprint density at radius 3 is 2.34 bits per heavy atom. The van der Waals surface area contributed by atoms with Crippen molar-refractivity contribution in [1.82, 2.24) is 9.88 Å². The molecule has 4 nitrogen and oxygen atoms in total. The van der Waals surface area contributed by atoms with Crippen molar-refractivity contribution in [2.75, 3.05) is 26.3 Å². The number of carbonyl (C=O) groups excluding carboxylic acids is 1. The van der Waals surface area contributed by atoms with Crippen LogP contribution in [0.3, 0.4) is 0 Å². The maximum absolute atomic E-state index is 13.8. The van der Waals surface area contributed by atoms with Crippen molar-refractivity contribution in [3.63, 3.8) is 0 Å². The van der Waals surface area contributed by atoms with E-state index in [-0.39, 0.29) is 11.7 Å². The molecule has 5 heteroatoms. The van der Waals surface area contributed by atoms with Gasteiger partial charge in [0.25, 0.3) is 0 Å². The number of hydrogen-bond acceptors (Lipinski definition) is 3. The van der Waals surface area contributed by atoms with E-state index < -0.39 is 5.41 Å². The Hall–Kier alpha value is -3.05. The lowest BCUT2D eigenvalue weighted by Gasteiger charge is -2.42. The summed E-state index contributed by atoms with van der Waals surface area (Å²) in [5, 5.41) is 0. The number of ether oxygens (including phenoxy) is 1. The number of halogens is 1. The van der Waals surface area contributed by atoms with E-state index in [2.05, 4.69) is 47.4 Å². The van der Waals surface area contributed by atoms with Crippen LogP contribution in [-0.2, 0) is 22.4 Å². The molecule has 5 rings (SSSR count). The van der Waals surface area contributed by atoms with Crippen molar-refractivity contribution in [3.05, 3.63) is 101 Å². The van der Waals surface area contributed by atoms with Crippen LogP contribution in [0, 0.1) is 11.2 Å². The second-order valence-electron chi connectivity index (χ2n) is 9.98. The van der Waals surface area contributed by atoms with Crippen molar-refractivity contribution in [2.24, 2.45) is 5.41 Å². The number of piperidine rings is 1. The van der Waals surface area contributed by atoms with Crippen molar-refractivity contribution in [1.29, 1.82) is 0 Å². The molecule has 0 saturated carbocycles. The third-order valence-corrected chi connectivity index (χ3v) is 7.62. The van der Waals surface area contributed by atoms with E-state index in [1.807, 2.05) is 6.07 Å². The van der Waals surface area contributed by atoms with E-state index in [1.165, 1.54) is 17.7 Å². The first kappa shape index (κ1) is 23.7. The fourth-order valence-electron chi connectivity index (χ4n) is 5.56. The highest BCUT2D eigenvalue weighted by Crippen LogP contribution is 2.38. The molecule has 0 N–H and O–H groups in total. The van der Waals surface area contributed by atoms with E-state index in [1.54, 1.807) is 12.1 Å². The molecule has 0 unspecified atom stereocenters. The molecule has 0 spiro atoms. The van der Waals surface area contributed by atoms with Gasteiger partial charge >= 0.3 is 0 Å². The van der Waals surface area contributed by atoms with Gasteiger partial charge in [0, 0.05) is 50.0 Å². The standard InChI is InChI=1S/C30H33FN2O2/c31-26-11-9-24(10-12-26)22-30(15-19-35-20-16-30)29(34)33-17-13-25(14-18-33)28-8-4-7-27(32-28)21-23-5-2-1-3-6-23/h1-12,25H,13-22H2. The zero-order chi connectivity index (χ0) is 24.1.